The Labute approximate surface area is 111 Å². The first-order chi connectivity index (χ1) is 5.04. The van der Waals surface area contributed by atoms with Crippen molar-refractivity contribution in [2.75, 3.05) is 0 Å². The van der Waals surface area contributed by atoms with Crippen molar-refractivity contribution >= 4 is 67.8 Å². The quantitative estimate of drug-likeness (QED) is 0.416. The van der Waals surface area contributed by atoms with Crippen molar-refractivity contribution in [2.45, 2.75) is 5.09 Å². The topological polar surface area (TPSA) is 84.6 Å². The Bertz CT molecular complexity index is 365. The van der Waals surface area contributed by atoms with Gasteiger partial charge < -0.3 is 4.42 Å². The van der Waals surface area contributed by atoms with Crippen LogP contribution >= 0.6 is 0 Å². The summed E-state index contributed by atoms with van der Waals surface area (Å²) in [4.78, 5) is 9.98. The third-order valence-corrected chi connectivity index (χ3v) is 1.70. The van der Waals surface area contributed by atoms with Gasteiger partial charge in [0.05, 0.1) is 0 Å². The van der Waals surface area contributed by atoms with Crippen molar-refractivity contribution < 1.29 is 22.2 Å². The zero-order chi connectivity index (χ0) is 8.48. The molecule has 0 bridgehead atoms. The molecule has 0 aromatic carbocycles. The van der Waals surface area contributed by atoms with Crippen LogP contribution in [0.2, 0.25) is 0 Å². The van der Waals surface area contributed by atoms with E-state index in [2.05, 4.69) is 4.42 Å². The SMILES string of the molecule is O=Cc1ccc(S(=O)(=O)O)o1.[KH]. The second-order valence-electron chi connectivity index (χ2n) is 1.75. The van der Waals surface area contributed by atoms with E-state index in [1.807, 2.05) is 0 Å². The first kappa shape index (κ1) is 12.5. The fourth-order valence-corrected chi connectivity index (χ4v) is 0.978. The summed E-state index contributed by atoms with van der Waals surface area (Å²) in [6, 6.07) is 2.15. The molecule has 0 saturated carbocycles. The number of hydrogen-bond acceptors (Lipinski definition) is 4. The van der Waals surface area contributed by atoms with Crippen LogP contribution in [0.15, 0.2) is 21.6 Å². The molecule has 62 valence electrons. The van der Waals surface area contributed by atoms with Gasteiger partial charge >= 0.3 is 61.5 Å². The van der Waals surface area contributed by atoms with Crippen LogP contribution < -0.4 is 0 Å². The molecule has 0 radical (unpaired) electrons. The number of aldehydes is 1. The van der Waals surface area contributed by atoms with Gasteiger partial charge in [-0.1, -0.05) is 0 Å². The van der Waals surface area contributed by atoms with Crippen LogP contribution in [-0.2, 0) is 10.1 Å². The Kier molecular flexibility index (Phi) is 4.85. The van der Waals surface area contributed by atoms with Crippen LogP contribution in [-0.4, -0.2) is 70.6 Å². The van der Waals surface area contributed by atoms with E-state index in [4.69, 9.17) is 4.55 Å². The van der Waals surface area contributed by atoms with E-state index < -0.39 is 15.2 Å². The molecule has 0 aliphatic heterocycles. The monoisotopic (exact) mass is 216 g/mol. The molecular formula is C5H5KO5S. The molecule has 0 unspecified atom stereocenters. The summed E-state index contributed by atoms with van der Waals surface area (Å²) in [6.07, 6.45) is 0.342. The number of carbonyl (C=O) groups is 1. The van der Waals surface area contributed by atoms with Crippen molar-refractivity contribution in [2.24, 2.45) is 0 Å². The molecule has 0 aliphatic carbocycles. The van der Waals surface area contributed by atoms with Crippen LogP contribution in [0.4, 0.5) is 0 Å². The summed E-state index contributed by atoms with van der Waals surface area (Å²) >= 11 is 0. The van der Waals surface area contributed by atoms with Gasteiger partial charge in [0.25, 0.3) is 0 Å². The van der Waals surface area contributed by atoms with Crippen molar-refractivity contribution in [3.05, 3.63) is 17.9 Å². The molecule has 1 N–H and O–H groups in total. The van der Waals surface area contributed by atoms with Crippen molar-refractivity contribution in [1.82, 2.24) is 0 Å². The van der Waals surface area contributed by atoms with Gasteiger partial charge in [-0.05, 0) is 12.1 Å². The zero-order valence-corrected chi connectivity index (χ0v) is 6.04. The fourth-order valence-electron chi connectivity index (χ4n) is 0.536. The molecule has 1 aromatic rings. The number of rotatable bonds is 2. The molecule has 1 rings (SSSR count). The molecule has 0 spiro atoms. The molecule has 1 aromatic heterocycles. The van der Waals surface area contributed by atoms with Gasteiger partial charge in [-0.2, -0.15) is 8.42 Å². The molecule has 0 atom stereocenters. The van der Waals surface area contributed by atoms with Gasteiger partial charge in [0.1, 0.15) is 0 Å². The average Bonchev–Trinajstić information content (AvgIpc) is 2.32. The van der Waals surface area contributed by atoms with E-state index in [0.29, 0.717) is 6.29 Å². The average molecular weight is 216 g/mol. The molecule has 7 heteroatoms. The Morgan fingerprint density at radius 1 is 1.42 bits per heavy atom. The molecule has 12 heavy (non-hydrogen) atoms. The third-order valence-electron chi connectivity index (χ3n) is 0.973. The van der Waals surface area contributed by atoms with Crippen molar-refractivity contribution in [3.8, 4) is 0 Å². The second kappa shape index (κ2) is 4.65. The van der Waals surface area contributed by atoms with Gasteiger partial charge in [-0.15, -0.1) is 0 Å². The maximum absolute atomic E-state index is 10.3. The maximum atomic E-state index is 10.3. The third kappa shape index (κ3) is 3.09. The normalized spacial score (nSPS) is 10.4. The van der Waals surface area contributed by atoms with Crippen LogP contribution in [0.25, 0.3) is 0 Å². The predicted octanol–water partition coefficient (Wildman–Crippen LogP) is -0.310. The first-order valence-corrected chi connectivity index (χ1v) is 4.00. The van der Waals surface area contributed by atoms with E-state index in [1.54, 1.807) is 0 Å². The summed E-state index contributed by atoms with van der Waals surface area (Å²) in [5, 5.41) is -0.625. The van der Waals surface area contributed by atoms with Gasteiger partial charge in [0, 0.05) is 0 Å². The summed E-state index contributed by atoms with van der Waals surface area (Å²) in [6.45, 7) is 0. The van der Waals surface area contributed by atoms with Crippen LogP contribution in [0, 0.1) is 0 Å². The van der Waals surface area contributed by atoms with E-state index in [0.717, 1.165) is 12.1 Å². The Hall–Kier alpha value is 0.496. The number of hydrogen-bond donors (Lipinski definition) is 1. The Morgan fingerprint density at radius 2 is 2.00 bits per heavy atom. The van der Waals surface area contributed by atoms with E-state index in [-0.39, 0.29) is 57.1 Å². The first-order valence-electron chi connectivity index (χ1n) is 2.56. The molecule has 0 aliphatic rings. The van der Waals surface area contributed by atoms with Gasteiger partial charge in [-0.25, -0.2) is 0 Å². The molecule has 5 nitrogen and oxygen atoms in total. The summed E-state index contributed by atoms with van der Waals surface area (Å²) in [5.74, 6) is -0.141. The summed E-state index contributed by atoms with van der Waals surface area (Å²) < 4.78 is 33.4. The van der Waals surface area contributed by atoms with Gasteiger partial charge in [-0.3, -0.25) is 9.35 Å². The second-order valence-corrected chi connectivity index (χ2v) is 3.10. The standard InChI is InChI=1S/C5H4O5S.K.H/c6-3-4-1-2-5(10-4)11(7,8)9;;/h1-3H,(H,7,8,9);;. The van der Waals surface area contributed by atoms with Crippen LogP contribution in [0.5, 0.6) is 0 Å². The number of carbonyl (C=O) groups excluding carboxylic acids is 1. The number of furan rings is 1. The van der Waals surface area contributed by atoms with Gasteiger partial charge in [0.2, 0.25) is 5.09 Å². The summed E-state index contributed by atoms with van der Waals surface area (Å²) in [5.41, 5.74) is 0. The summed E-state index contributed by atoms with van der Waals surface area (Å²) in [7, 11) is -4.32. The Balaban J connectivity index is 0.00000121. The van der Waals surface area contributed by atoms with E-state index in [9.17, 15) is 13.2 Å². The molecule has 0 amide bonds. The van der Waals surface area contributed by atoms with Gasteiger partial charge in [0.15, 0.2) is 12.0 Å². The minimum absolute atomic E-state index is 0. The molecule has 0 saturated heterocycles. The Morgan fingerprint density at radius 3 is 2.25 bits per heavy atom. The van der Waals surface area contributed by atoms with Crippen molar-refractivity contribution in [3.63, 3.8) is 0 Å². The minimum atomic E-state index is -4.32. The van der Waals surface area contributed by atoms with Crippen LogP contribution in [0.3, 0.4) is 0 Å². The zero-order valence-electron chi connectivity index (χ0n) is 5.22. The fraction of sp³-hybridized carbons (Fsp3) is 0. The van der Waals surface area contributed by atoms with E-state index in [1.165, 1.54) is 0 Å². The van der Waals surface area contributed by atoms with Crippen molar-refractivity contribution in [1.29, 1.82) is 0 Å². The molecule has 1 heterocycles. The molecular weight excluding hydrogens is 211 g/mol. The van der Waals surface area contributed by atoms with E-state index >= 15 is 0 Å². The molecule has 0 fully saturated rings. The predicted molar refractivity (Wildman–Crippen MR) is 41.1 cm³/mol. The van der Waals surface area contributed by atoms with Crippen LogP contribution in [0.1, 0.15) is 10.6 Å².